The molecule has 0 unspecified atom stereocenters. The SMILES string of the molecule is CC(C)N(C(=S)/N=c1/snc2n1CCC2)C(C)C. The molecule has 2 heterocycles. The lowest BCUT2D eigenvalue weighted by atomic mass is 10.2. The number of hydrogen-bond donors (Lipinski definition) is 0. The maximum absolute atomic E-state index is 5.47. The molecule has 100 valence electrons. The standard InChI is InChI=1S/C12H20N4S2/c1-8(2)16(9(3)4)11(17)13-12-15-7-5-6-10(15)14-18-12/h8-9H,5-7H2,1-4H3/b13-12+. The molecule has 0 radical (unpaired) electrons. The number of aryl methyl sites for hydroxylation is 1. The van der Waals surface area contributed by atoms with Crippen molar-refractivity contribution < 1.29 is 0 Å². The van der Waals surface area contributed by atoms with Crippen LogP contribution in [0.15, 0.2) is 4.99 Å². The zero-order valence-corrected chi connectivity index (χ0v) is 13.0. The molecular formula is C12H20N4S2. The topological polar surface area (TPSA) is 33.4 Å². The van der Waals surface area contributed by atoms with Gasteiger partial charge in [-0.2, -0.15) is 9.37 Å². The third-order valence-electron chi connectivity index (χ3n) is 3.08. The quantitative estimate of drug-likeness (QED) is 0.781. The summed E-state index contributed by atoms with van der Waals surface area (Å²) < 4.78 is 6.62. The predicted molar refractivity (Wildman–Crippen MR) is 78.7 cm³/mol. The van der Waals surface area contributed by atoms with Gasteiger partial charge < -0.3 is 9.47 Å². The van der Waals surface area contributed by atoms with Gasteiger partial charge in [0.25, 0.3) is 0 Å². The van der Waals surface area contributed by atoms with Crippen LogP contribution in [0.3, 0.4) is 0 Å². The smallest absolute Gasteiger partial charge is 0.211 e. The molecule has 1 aromatic heterocycles. The summed E-state index contributed by atoms with van der Waals surface area (Å²) in [5.41, 5.74) is 0. The minimum Gasteiger partial charge on any atom is -0.343 e. The van der Waals surface area contributed by atoms with Crippen LogP contribution in [-0.4, -0.2) is 31.0 Å². The third-order valence-corrected chi connectivity index (χ3v) is 4.16. The van der Waals surface area contributed by atoms with Gasteiger partial charge in [-0.3, -0.25) is 0 Å². The lowest BCUT2D eigenvalue weighted by Gasteiger charge is -2.30. The van der Waals surface area contributed by atoms with Crippen LogP contribution in [0.5, 0.6) is 0 Å². The number of hydrogen-bond acceptors (Lipinski definition) is 3. The second-order valence-electron chi connectivity index (χ2n) is 5.13. The largest absolute Gasteiger partial charge is 0.343 e. The van der Waals surface area contributed by atoms with Crippen LogP contribution in [0.25, 0.3) is 0 Å². The zero-order chi connectivity index (χ0) is 13.3. The van der Waals surface area contributed by atoms with Crippen molar-refractivity contribution in [3.05, 3.63) is 10.6 Å². The lowest BCUT2D eigenvalue weighted by molar-refractivity contribution is 0.294. The Morgan fingerprint density at radius 2 is 2.06 bits per heavy atom. The molecule has 0 aliphatic carbocycles. The van der Waals surface area contributed by atoms with Gasteiger partial charge in [-0.15, -0.1) is 0 Å². The highest BCUT2D eigenvalue weighted by Crippen LogP contribution is 2.11. The molecule has 0 amide bonds. The van der Waals surface area contributed by atoms with Gasteiger partial charge in [0, 0.05) is 36.6 Å². The lowest BCUT2D eigenvalue weighted by Crippen LogP contribution is -2.41. The van der Waals surface area contributed by atoms with E-state index >= 15 is 0 Å². The van der Waals surface area contributed by atoms with Gasteiger partial charge >= 0.3 is 0 Å². The molecule has 0 saturated heterocycles. The minimum absolute atomic E-state index is 0.368. The van der Waals surface area contributed by atoms with E-state index in [2.05, 4.69) is 46.5 Å². The molecule has 1 aliphatic rings. The van der Waals surface area contributed by atoms with E-state index in [9.17, 15) is 0 Å². The molecule has 6 heteroatoms. The molecule has 2 rings (SSSR count). The first-order valence-electron chi connectivity index (χ1n) is 6.43. The Hall–Kier alpha value is -0.750. The highest BCUT2D eigenvalue weighted by Gasteiger charge is 2.18. The molecule has 0 bridgehead atoms. The summed E-state index contributed by atoms with van der Waals surface area (Å²) in [6.45, 7) is 9.60. The van der Waals surface area contributed by atoms with E-state index < -0.39 is 0 Å². The molecule has 0 spiro atoms. The Kier molecular flexibility index (Phi) is 4.17. The van der Waals surface area contributed by atoms with E-state index in [-0.39, 0.29) is 0 Å². The summed E-state index contributed by atoms with van der Waals surface area (Å²) in [5, 5.41) is 0.672. The van der Waals surface area contributed by atoms with Gasteiger partial charge in [0.2, 0.25) is 4.80 Å². The molecule has 1 aliphatic heterocycles. The highest BCUT2D eigenvalue weighted by molar-refractivity contribution is 7.80. The average molecular weight is 284 g/mol. The van der Waals surface area contributed by atoms with Crippen molar-refractivity contribution >= 4 is 28.9 Å². The normalized spacial score (nSPS) is 15.6. The van der Waals surface area contributed by atoms with Gasteiger partial charge in [0.1, 0.15) is 5.82 Å². The maximum atomic E-state index is 5.47. The van der Waals surface area contributed by atoms with E-state index in [4.69, 9.17) is 12.2 Å². The fraction of sp³-hybridized carbons (Fsp3) is 0.750. The van der Waals surface area contributed by atoms with Crippen LogP contribution in [0.1, 0.15) is 39.9 Å². The van der Waals surface area contributed by atoms with Gasteiger partial charge in [0.05, 0.1) is 0 Å². The fourth-order valence-corrected chi connectivity index (χ4v) is 3.73. The number of fused-ring (bicyclic) bond motifs is 1. The number of nitrogens with zero attached hydrogens (tertiary/aromatic N) is 4. The summed E-state index contributed by atoms with van der Waals surface area (Å²) in [6.07, 6.45) is 2.24. The molecule has 4 nitrogen and oxygen atoms in total. The van der Waals surface area contributed by atoms with Crippen molar-refractivity contribution in [1.29, 1.82) is 0 Å². The highest BCUT2D eigenvalue weighted by atomic mass is 32.1. The molecule has 18 heavy (non-hydrogen) atoms. The van der Waals surface area contributed by atoms with Crippen LogP contribution in [0, 0.1) is 0 Å². The second kappa shape index (κ2) is 5.48. The molecule has 0 aromatic carbocycles. The van der Waals surface area contributed by atoms with Crippen molar-refractivity contribution in [2.75, 3.05) is 0 Å². The summed E-state index contributed by atoms with van der Waals surface area (Å²) in [5.74, 6) is 1.15. The predicted octanol–water partition coefficient (Wildman–Crippen LogP) is 2.20. The Balaban J connectivity index is 2.29. The first-order valence-corrected chi connectivity index (χ1v) is 7.61. The van der Waals surface area contributed by atoms with Crippen molar-refractivity contribution in [1.82, 2.24) is 13.8 Å². The van der Waals surface area contributed by atoms with Crippen molar-refractivity contribution in [2.45, 2.75) is 59.2 Å². The maximum Gasteiger partial charge on any atom is 0.211 e. The Morgan fingerprint density at radius 3 is 2.67 bits per heavy atom. The monoisotopic (exact) mass is 284 g/mol. The second-order valence-corrected chi connectivity index (χ2v) is 6.22. The van der Waals surface area contributed by atoms with Crippen LogP contribution in [0.2, 0.25) is 0 Å². The van der Waals surface area contributed by atoms with Gasteiger partial charge in [-0.25, -0.2) is 0 Å². The Morgan fingerprint density at radius 1 is 1.39 bits per heavy atom. The van der Waals surface area contributed by atoms with E-state index in [1.807, 2.05) is 0 Å². The molecule has 0 N–H and O–H groups in total. The summed E-state index contributed by atoms with van der Waals surface area (Å²) in [4.78, 5) is 7.72. The van der Waals surface area contributed by atoms with Crippen LogP contribution < -0.4 is 4.80 Å². The number of aromatic nitrogens is 2. The van der Waals surface area contributed by atoms with E-state index in [0.29, 0.717) is 17.2 Å². The number of thiocarbonyl (C=S) groups is 1. The summed E-state index contributed by atoms with van der Waals surface area (Å²) in [7, 11) is 0. The average Bonchev–Trinajstić information content (AvgIpc) is 2.81. The molecular weight excluding hydrogens is 264 g/mol. The first kappa shape index (κ1) is 13.7. The van der Waals surface area contributed by atoms with Gasteiger partial charge in [0.15, 0.2) is 5.11 Å². The van der Waals surface area contributed by atoms with Crippen molar-refractivity contribution in [3.8, 4) is 0 Å². The minimum atomic E-state index is 0.368. The summed E-state index contributed by atoms with van der Waals surface area (Å²) >= 11 is 6.93. The molecule has 1 aromatic rings. The zero-order valence-electron chi connectivity index (χ0n) is 11.4. The van der Waals surface area contributed by atoms with Crippen molar-refractivity contribution in [3.63, 3.8) is 0 Å². The van der Waals surface area contributed by atoms with E-state index in [1.54, 1.807) is 0 Å². The molecule has 0 saturated carbocycles. The van der Waals surface area contributed by atoms with Crippen LogP contribution in [-0.2, 0) is 13.0 Å². The molecule has 0 atom stereocenters. The molecule has 0 fully saturated rings. The Labute approximate surface area is 118 Å². The summed E-state index contributed by atoms with van der Waals surface area (Å²) in [6, 6.07) is 0.736. The fourth-order valence-electron chi connectivity index (χ4n) is 2.36. The van der Waals surface area contributed by atoms with Crippen molar-refractivity contribution in [2.24, 2.45) is 4.99 Å². The van der Waals surface area contributed by atoms with Crippen LogP contribution in [0.4, 0.5) is 0 Å². The van der Waals surface area contributed by atoms with Crippen LogP contribution >= 0.6 is 23.8 Å². The van der Waals surface area contributed by atoms with Gasteiger partial charge in [-0.05, 0) is 46.3 Å². The van der Waals surface area contributed by atoms with E-state index in [0.717, 1.165) is 23.6 Å². The van der Waals surface area contributed by atoms with Gasteiger partial charge in [-0.1, -0.05) is 0 Å². The third kappa shape index (κ3) is 2.64. The number of rotatable bonds is 2. The Bertz CT molecular complexity index is 490. The first-order chi connectivity index (χ1) is 8.50. The van der Waals surface area contributed by atoms with E-state index in [1.165, 1.54) is 18.0 Å².